The third kappa shape index (κ3) is 1.46. The summed E-state index contributed by atoms with van der Waals surface area (Å²) in [4.78, 5) is 0. The van der Waals surface area contributed by atoms with Gasteiger partial charge in [-0.25, -0.2) is 0 Å². The maximum absolute atomic E-state index is 10.1. The molecule has 0 bridgehead atoms. The fraction of sp³-hybridized carbons (Fsp3) is 0.250. The van der Waals surface area contributed by atoms with Crippen molar-refractivity contribution in [2.24, 2.45) is 0 Å². The van der Waals surface area contributed by atoms with Crippen molar-refractivity contribution in [2.75, 3.05) is 6.61 Å². The van der Waals surface area contributed by atoms with Crippen molar-refractivity contribution in [1.82, 2.24) is 0 Å². The lowest BCUT2D eigenvalue weighted by Gasteiger charge is -2.05. The van der Waals surface area contributed by atoms with E-state index in [0.717, 1.165) is 0 Å². The van der Waals surface area contributed by atoms with Gasteiger partial charge >= 0.3 is 0 Å². The number of ether oxygens (including phenoxy) is 2. The van der Waals surface area contributed by atoms with Crippen LogP contribution in [0.5, 0.6) is 0 Å². The number of rotatable bonds is 0. The predicted molar refractivity (Wildman–Crippen MR) is 30.1 cm³/mol. The topological polar surface area (TPSA) is 52.6 Å². The second-order valence-electron chi connectivity index (χ2n) is 1.31. The van der Waals surface area contributed by atoms with E-state index in [0.29, 0.717) is 0 Å². The average Bonchev–Trinajstić information content (AvgIpc) is 1.90. The van der Waals surface area contributed by atoms with Gasteiger partial charge in [-0.15, -0.1) is 0 Å². The molecule has 4 nitrogen and oxygen atoms in total. The Bertz CT molecular complexity index is 240. The predicted octanol–water partition coefficient (Wildman–Crippen LogP) is -0.487. The van der Waals surface area contributed by atoms with Crippen LogP contribution in [0.2, 0.25) is 0 Å². The number of hydrogen-bond acceptors (Lipinski definition) is 4. The minimum atomic E-state index is -2.28. The molecule has 50 valence electrons. The SMILES string of the molecule is O=S(=O)=C1COC=CO1. The first-order valence-corrected chi connectivity index (χ1v) is 3.26. The van der Waals surface area contributed by atoms with E-state index in [9.17, 15) is 8.42 Å². The smallest absolute Gasteiger partial charge is 0.260 e. The monoisotopic (exact) mass is 148 g/mol. The molecular formula is C4H4O4S. The van der Waals surface area contributed by atoms with Gasteiger partial charge in [-0.05, 0) is 0 Å². The molecule has 0 fully saturated rings. The van der Waals surface area contributed by atoms with Crippen LogP contribution in [0.4, 0.5) is 0 Å². The van der Waals surface area contributed by atoms with Gasteiger partial charge in [0.25, 0.3) is 15.3 Å². The quantitative estimate of drug-likeness (QED) is 0.435. The molecule has 0 saturated heterocycles. The summed E-state index contributed by atoms with van der Waals surface area (Å²) in [7, 11) is -2.28. The van der Waals surface area contributed by atoms with Gasteiger partial charge in [0.2, 0.25) is 0 Å². The minimum Gasteiger partial charge on any atom is -0.489 e. The van der Waals surface area contributed by atoms with Gasteiger partial charge < -0.3 is 9.47 Å². The summed E-state index contributed by atoms with van der Waals surface area (Å²) in [5.41, 5.74) is 0. The highest BCUT2D eigenvalue weighted by molar-refractivity contribution is 7.72. The minimum absolute atomic E-state index is 0.00733. The molecule has 9 heavy (non-hydrogen) atoms. The van der Waals surface area contributed by atoms with Crippen molar-refractivity contribution < 1.29 is 17.9 Å². The van der Waals surface area contributed by atoms with Gasteiger partial charge in [-0.3, -0.25) is 0 Å². The molecule has 0 radical (unpaired) electrons. The summed E-state index contributed by atoms with van der Waals surface area (Å²) in [6.07, 6.45) is 2.46. The molecule has 5 heteroatoms. The Morgan fingerprint density at radius 3 is 2.56 bits per heavy atom. The summed E-state index contributed by atoms with van der Waals surface area (Å²) in [6.45, 7) is -0.00733. The summed E-state index contributed by atoms with van der Waals surface area (Å²) in [5, 5.41) is -0.0856. The molecule has 0 aliphatic carbocycles. The first-order valence-electron chi connectivity index (χ1n) is 2.19. The highest BCUT2D eigenvalue weighted by Crippen LogP contribution is 1.92. The van der Waals surface area contributed by atoms with E-state index in [1.54, 1.807) is 0 Å². The summed E-state index contributed by atoms with van der Waals surface area (Å²) >= 11 is 0. The van der Waals surface area contributed by atoms with Crippen molar-refractivity contribution >= 4 is 15.3 Å². The van der Waals surface area contributed by atoms with E-state index >= 15 is 0 Å². The third-order valence-electron chi connectivity index (χ3n) is 0.738. The third-order valence-corrected chi connectivity index (χ3v) is 1.32. The Morgan fingerprint density at radius 2 is 2.22 bits per heavy atom. The van der Waals surface area contributed by atoms with Crippen LogP contribution < -0.4 is 0 Å². The Kier molecular flexibility index (Phi) is 1.74. The van der Waals surface area contributed by atoms with Crippen LogP contribution in [0.15, 0.2) is 12.5 Å². The molecule has 0 aromatic carbocycles. The van der Waals surface area contributed by atoms with Gasteiger partial charge in [-0.1, -0.05) is 0 Å². The lowest BCUT2D eigenvalue weighted by Crippen LogP contribution is -2.12. The van der Waals surface area contributed by atoms with Crippen LogP contribution in [0.25, 0.3) is 0 Å². The highest BCUT2D eigenvalue weighted by atomic mass is 32.2. The first kappa shape index (κ1) is 6.15. The molecule has 0 saturated carbocycles. The fourth-order valence-corrected chi connectivity index (χ4v) is 0.679. The number of hydrogen-bond donors (Lipinski definition) is 0. The van der Waals surface area contributed by atoms with E-state index in [4.69, 9.17) is 0 Å². The van der Waals surface area contributed by atoms with Crippen LogP contribution in [-0.4, -0.2) is 20.1 Å². The maximum atomic E-state index is 10.1. The molecule has 0 aromatic rings. The molecule has 0 aromatic heterocycles. The summed E-state index contributed by atoms with van der Waals surface area (Å²) in [5.74, 6) is 0. The van der Waals surface area contributed by atoms with Crippen molar-refractivity contribution in [2.45, 2.75) is 0 Å². The average molecular weight is 148 g/mol. The lowest BCUT2D eigenvalue weighted by molar-refractivity contribution is 0.240. The van der Waals surface area contributed by atoms with Gasteiger partial charge in [0.1, 0.15) is 12.5 Å². The van der Waals surface area contributed by atoms with Gasteiger partial charge in [-0.2, -0.15) is 8.42 Å². The van der Waals surface area contributed by atoms with Gasteiger partial charge in [0.05, 0.1) is 0 Å². The zero-order valence-electron chi connectivity index (χ0n) is 4.40. The van der Waals surface area contributed by atoms with E-state index < -0.39 is 10.3 Å². The molecule has 0 N–H and O–H groups in total. The lowest BCUT2D eigenvalue weighted by atomic mass is 10.7. The summed E-state index contributed by atoms with van der Waals surface area (Å²) in [6, 6.07) is 0. The normalized spacial score (nSPS) is 16.2. The molecule has 0 unspecified atom stereocenters. The Morgan fingerprint density at radius 1 is 1.44 bits per heavy atom. The van der Waals surface area contributed by atoms with Gasteiger partial charge in [0.15, 0.2) is 6.61 Å². The molecular weight excluding hydrogens is 144 g/mol. The van der Waals surface area contributed by atoms with Crippen LogP contribution in [-0.2, 0) is 19.8 Å². The standard InChI is InChI=1S/C4H4O4S/c5-9(6)4-3-7-1-2-8-4/h1-2H,3H2. The zero-order chi connectivity index (χ0) is 6.69. The second-order valence-corrected chi connectivity index (χ2v) is 2.23. The molecule has 1 aliphatic rings. The van der Waals surface area contributed by atoms with Crippen molar-refractivity contribution in [1.29, 1.82) is 0 Å². The molecule has 1 aliphatic heterocycles. The summed E-state index contributed by atoms with van der Waals surface area (Å²) < 4.78 is 29.3. The van der Waals surface area contributed by atoms with Crippen LogP contribution in [0, 0.1) is 0 Å². The molecule has 1 heterocycles. The molecule has 1 rings (SSSR count). The zero-order valence-corrected chi connectivity index (χ0v) is 5.22. The van der Waals surface area contributed by atoms with E-state index in [-0.39, 0.29) is 11.7 Å². The largest absolute Gasteiger partial charge is 0.489 e. The van der Waals surface area contributed by atoms with Crippen LogP contribution in [0.1, 0.15) is 0 Å². The van der Waals surface area contributed by atoms with E-state index in [2.05, 4.69) is 9.47 Å². The van der Waals surface area contributed by atoms with E-state index in [1.165, 1.54) is 12.5 Å². The Hall–Kier alpha value is -0.970. The van der Waals surface area contributed by atoms with Crippen LogP contribution in [0.3, 0.4) is 0 Å². The first-order chi connectivity index (χ1) is 4.30. The maximum Gasteiger partial charge on any atom is 0.260 e. The highest BCUT2D eigenvalue weighted by Gasteiger charge is 2.03. The molecule has 0 spiro atoms. The van der Waals surface area contributed by atoms with Crippen molar-refractivity contribution in [3.63, 3.8) is 0 Å². The van der Waals surface area contributed by atoms with Crippen LogP contribution >= 0.6 is 0 Å². The Labute approximate surface area is 53.2 Å². The molecule has 0 atom stereocenters. The fourth-order valence-electron chi connectivity index (χ4n) is 0.381. The Balaban J connectivity index is 2.89. The van der Waals surface area contributed by atoms with Gasteiger partial charge in [0, 0.05) is 0 Å². The van der Waals surface area contributed by atoms with Crippen molar-refractivity contribution in [3.05, 3.63) is 12.5 Å². The second kappa shape index (κ2) is 2.54. The van der Waals surface area contributed by atoms with E-state index in [1.807, 2.05) is 0 Å². The molecule has 0 amide bonds. The van der Waals surface area contributed by atoms with Crippen molar-refractivity contribution in [3.8, 4) is 0 Å².